The second-order valence-corrected chi connectivity index (χ2v) is 6.91. The third kappa shape index (κ3) is 2.81. The van der Waals surface area contributed by atoms with Gasteiger partial charge in [0.25, 0.3) is 0 Å². The minimum Gasteiger partial charge on any atom is -0.476 e. The zero-order valence-electron chi connectivity index (χ0n) is 14.1. The summed E-state index contributed by atoms with van der Waals surface area (Å²) in [5, 5.41) is 1.36. The SMILES string of the molecule is CC(C)N1COc2c(Cl)cc3c(-c4ccccc4)cc(=O)oc3c2C1. The largest absolute Gasteiger partial charge is 0.476 e. The summed E-state index contributed by atoms with van der Waals surface area (Å²) in [6, 6.07) is 13.4. The topological polar surface area (TPSA) is 42.7 Å². The van der Waals surface area contributed by atoms with Gasteiger partial charge in [-0.05, 0) is 31.0 Å². The lowest BCUT2D eigenvalue weighted by Crippen LogP contribution is -2.37. The van der Waals surface area contributed by atoms with Gasteiger partial charge in [-0.2, -0.15) is 0 Å². The Bertz CT molecular complexity index is 995. The molecule has 5 heteroatoms. The van der Waals surface area contributed by atoms with Crippen LogP contribution in [0.25, 0.3) is 22.1 Å². The first-order chi connectivity index (χ1) is 12.0. The Labute approximate surface area is 150 Å². The van der Waals surface area contributed by atoms with Crippen LogP contribution >= 0.6 is 11.6 Å². The Morgan fingerprint density at radius 3 is 2.64 bits per heavy atom. The highest BCUT2D eigenvalue weighted by atomic mass is 35.5. The Morgan fingerprint density at radius 2 is 1.92 bits per heavy atom. The molecule has 3 aromatic rings. The summed E-state index contributed by atoms with van der Waals surface area (Å²) in [6.07, 6.45) is 0. The number of ether oxygens (including phenoxy) is 1. The molecule has 0 saturated carbocycles. The molecule has 0 fully saturated rings. The molecule has 0 spiro atoms. The highest BCUT2D eigenvalue weighted by Crippen LogP contribution is 2.41. The molecule has 128 valence electrons. The van der Waals surface area contributed by atoms with Gasteiger partial charge < -0.3 is 9.15 Å². The van der Waals surface area contributed by atoms with E-state index in [2.05, 4.69) is 18.7 Å². The number of halogens is 1. The smallest absolute Gasteiger partial charge is 0.336 e. The van der Waals surface area contributed by atoms with E-state index in [4.69, 9.17) is 20.8 Å². The van der Waals surface area contributed by atoms with Gasteiger partial charge in [-0.3, -0.25) is 4.90 Å². The molecule has 4 nitrogen and oxygen atoms in total. The number of hydrogen-bond acceptors (Lipinski definition) is 4. The molecule has 0 unspecified atom stereocenters. The van der Waals surface area contributed by atoms with E-state index in [1.165, 1.54) is 6.07 Å². The Kier molecular flexibility index (Phi) is 4.02. The normalized spacial score (nSPS) is 14.6. The van der Waals surface area contributed by atoms with Crippen molar-refractivity contribution in [3.05, 3.63) is 63.5 Å². The van der Waals surface area contributed by atoms with Crippen LogP contribution in [-0.4, -0.2) is 17.7 Å². The summed E-state index contributed by atoms with van der Waals surface area (Å²) < 4.78 is 11.4. The van der Waals surface area contributed by atoms with E-state index in [0.717, 1.165) is 22.1 Å². The summed E-state index contributed by atoms with van der Waals surface area (Å²) in [7, 11) is 0. The molecule has 1 aliphatic heterocycles. The zero-order chi connectivity index (χ0) is 17.6. The number of fused-ring (bicyclic) bond motifs is 3. The van der Waals surface area contributed by atoms with Gasteiger partial charge in [-0.15, -0.1) is 0 Å². The molecule has 0 atom stereocenters. The quantitative estimate of drug-likeness (QED) is 0.626. The van der Waals surface area contributed by atoms with Crippen molar-refractivity contribution in [1.29, 1.82) is 0 Å². The zero-order valence-corrected chi connectivity index (χ0v) is 14.8. The van der Waals surface area contributed by atoms with Crippen molar-refractivity contribution in [3.63, 3.8) is 0 Å². The van der Waals surface area contributed by atoms with Gasteiger partial charge >= 0.3 is 5.63 Å². The van der Waals surface area contributed by atoms with E-state index >= 15 is 0 Å². The van der Waals surface area contributed by atoms with Gasteiger partial charge in [0.15, 0.2) is 0 Å². The second-order valence-electron chi connectivity index (χ2n) is 6.50. The van der Waals surface area contributed by atoms with Gasteiger partial charge in [0, 0.05) is 24.0 Å². The summed E-state index contributed by atoms with van der Waals surface area (Å²) in [5.41, 5.74) is 2.78. The summed E-state index contributed by atoms with van der Waals surface area (Å²) in [6.45, 7) is 5.31. The molecule has 4 rings (SSSR count). The molecule has 0 aliphatic carbocycles. The fraction of sp³-hybridized carbons (Fsp3) is 0.250. The van der Waals surface area contributed by atoms with Crippen molar-refractivity contribution in [2.45, 2.75) is 26.4 Å². The van der Waals surface area contributed by atoms with Crippen molar-refractivity contribution in [2.75, 3.05) is 6.73 Å². The molecular formula is C20H18ClNO3. The second kappa shape index (κ2) is 6.21. The third-order valence-electron chi connectivity index (χ3n) is 4.59. The van der Waals surface area contributed by atoms with Crippen molar-refractivity contribution in [3.8, 4) is 16.9 Å². The molecule has 1 aromatic heterocycles. The standard InChI is InChI=1S/C20H18ClNO3/c1-12(2)22-10-16-19-15(8-17(21)20(16)24-11-22)14(9-18(23)25-19)13-6-4-3-5-7-13/h3-9,12H,10-11H2,1-2H3. The van der Waals surface area contributed by atoms with E-state index in [-0.39, 0.29) is 5.63 Å². The first-order valence-corrected chi connectivity index (χ1v) is 8.64. The lowest BCUT2D eigenvalue weighted by atomic mass is 9.99. The molecular weight excluding hydrogens is 338 g/mol. The van der Waals surface area contributed by atoms with Crippen LogP contribution < -0.4 is 10.4 Å². The minimum absolute atomic E-state index is 0.311. The van der Waals surface area contributed by atoms with Gasteiger partial charge in [-0.1, -0.05) is 41.9 Å². The Balaban J connectivity index is 2.01. The average molecular weight is 356 g/mol. The molecule has 1 aliphatic rings. The number of hydrogen-bond donors (Lipinski definition) is 0. The van der Waals surface area contributed by atoms with Crippen molar-refractivity contribution >= 4 is 22.6 Å². The molecule has 0 N–H and O–H groups in total. The molecule has 2 heterocycles. The molecule has 25 heavy (non-hydrogen) atoms. The average Bonchev–Trinajstić information content (AvgIpc) is 2.62. The van der Waals surface area contributed by atoms with Gasteiger partial charge in [0.05, 0.1) is 10.6 Å². The van der Waals surface area contributed by atoms with E-state index in [1.807, 2.05) is 36.4 Å². The minimum atomic E-state index is -0.377. The summed E-state index contributed by atoms with van der Waals surface area (Å²) >= 11 is 6.48. The maximum Gasteiger partial charge on any atom is 0.336 e. The van der Waals surface area contributed by atoms with Crippen LogP contribution in [0.4, 0.5) is 0 Å². The van der Waals surface area contributed by atoms with Crippen molar-refractivity contribution in [1.82, 2.24) is 4.90 Å². The predicted molar refractivity (Wildman–Crippen MR) is 99.1 cm³/mol. The number of nitrogens with zero attached hydrogens (tertiary/aromatic N) is 1. The van der Waals surface area contributed by atoms with Crippen LogP contribution in [0.5, 0.6) is 5.75 Å². The fourth-order valence-electron chi connectivity index (χ4n) is 3.19. The lowest BCUT2D eigenvalue weighted by molar-refractivity contribution is 0.0690. The van der Waals surface area contributed by atoms with Gasteiger partial charge in [-0.25, -0.2) is 4.79 Å². The highest BCUT2D eigenvalue weighted by molar-refractivity contribution is 6.33. The maximum atomic E-state index is 12.2. The van der Waals surface area contributed by atoms with E-state index in [9.17, 15) is 4.79 Å². The predicted octanol–water partition coefficient (Wildman–Crippen LogP) is 4.67. The summed E-state index contributed by atoms with van der Waals surface area (Å²) in [5.74, 6) is 0.611. The fourth-order valence-corrected chi connectivity index (χ4v) is 3.47. The summed E-state index contributed by atoms with van der Waals surface area (Å²) in [4.78, 5) is 14.4. The highest BCUT2D eigenvalue weighted by Gasteiger charge is 2.26. The first kappa shape index (κ1) is 16.2. The van der Waals surface area contributed by atoms with Gasteiger partial charge in [0.2, 0.25) is 0 Å². The van der Waals surface area contributed by atoms with Crippen LogP contribution in [0, 0.1) is 0 Å². The van der Waals surface area contributed by atoms with Gasteiger partial charge in [0.1, 0.15) is 18.1 Å². The van der Waals surface area contributed by atoms with Crippen molar-refractivity contribution in [2.24, 2.45) is 0 Å². The number of benzene rings is 2. The molecule has 2 aromatic carbocycles. The van der Waals surface area contributed by atoms with Crippen LogP contribution in [0.3, 0.4) is 0 Å². The van der Waals surface area contributed by atoms with E-state index in [0.29, 0.717) is 35.7 Å². The molecule has 0 radical (unpaired) electrons. The van der Waals surface area contributed by atoms with E-state index in [1.54, 1.807) is 0 Å². The Hall–Kier alpha value is -2.30. The maximum absolute atomic E-state index is 12.2. The lowest BCUT2D eigenvalue weighted by Gasteiger charge is -2.32. The van der Waals surface area contributed by atoms with Crippen molar-refractivity contribution < 1.29 is 9.15 Å². The van der Waals surface area contributed by atoms with Crippen LogP contribution in [0.1, 0.15) is 19.4 Å². The van der Waals surface area contributed by atoms with Crippen LogP contribution in [0.15, 0.2) is 51.7 Å². The van der Waals surface area contributed by atoms with Crippen LogP contribution in [-0.2, 0) is 6.54 Å². The number of rotatable bonds is 2. The Morgan fingerprint density at radius 1 is 1.16 bits per heavy atom. The first-order valence-electron chi connectivity index (χ1n) is 8.26. The van der Waals surface area contributed by atoms with Crippen LogP contribution in [0.2, 0.25) is 5.02 Å². The molecule has 0 bridgehead atoms. The third-order valence-corrected chi connectivity index (χ3v) is 4.87. The van der Waals surface area contributed by atoms with E-state index < -0.39 is 0 Å². The molecule has 0 saturated heterocycles. The molecule has 0 amide bonds. The monoisotopic (exact) mass is 355 g/mol.